The van der Waals surface area contributed by atoms with Gasteiger partial charge in [-0.15, -0.1) is 6.58 Å². The lowest BCUT2D eigenvalue weighted by Gasteiger charge is -2.01. The fraction of sp³-hybridized carbons (Fsp3) is 0.143. The number of nitrogens with zero attached hydrogens (tertiary/aromatic N) is 1. The number of benzene rings is 1. The first kappa shape index (κ1) is 11.7. The Morgan fingerprint density at radius 1 is 1.41 bits per heavy atom. The second-order valence-electron chi connectivity index (χ2n) is 3.88. The SMILES string of the molecule is C=CCc1csnc1C(=O)c1ccc(C)cc1. The third-order valence-electron chi connectivity index (χ3n) is 2.54. The minimum atomic E-state index is -0.0110. The molecule has 0 atom stereocenters. The Hall–Kier alpha value is -1.74. The predicted molar refractivity (Wildman–Crippen MR) is 70.6 cm³/mol. The molecule has 1 aromatic carbocycles. The zero-order chi connectivity index (χ0) is 12.3. The first-order valence-corrected chi connectivity index (χ1v) is 6.21. The third-order valence-corrected chi connectivity index (χ3v) is 3.21. The number of ketones is 1. The van der Waals surface area contributed by atoms with Gasteiger partial charge in [0.25, 0.3) is 0 Å². The molecule has 86 valence electrons. The fourth-order valence-electron chi connectivity index (χ4n) is 1.59. The van der Waals surface area contributed by atoms with Crippen molar-refractivity contribution < 1.29 is 4.79 Å². The molecule has 0 unspecified atom stereocenters. The van der Waals surface area contributed by atoms with Crippen LogP contribution in [0.15, 0.2) is 42.3 Å². The van der Waals surface area contributed by atoms with Crippen molar-refractivity contribution >= 4 is 17.3 Å². The first-order valence-electron chi connectivity index (χ1n) is 5.38. The Kier molecular flexibility index (Phi) is 3.49. The van der Waals surface area contributed by atoms with E-state index in [1.54, 1.807) is 6.08 Å². The molecule has 2 nitrogen and oxygen atoms in total. The van der Waals surface area contributed by atoms with Crippen molar-refractivity contribution in [1.82, 2.24) is 4.37 Å². The zero-order valence-electron chi connectivity index (χ0n) is 9.64. The van der Waals surface area contributed by atoms with Gasteiger partial charge in [0.15, 0.2) is 0 Å². The summed E-state index contributed by atoms with van der Waals surface area (Å²) < 4.78 is 4.18. The maximum absolute atomic E-state index is 12.2. The molecule has 0 aliphatic carbocycles. The van der Waals surface area contributed by atoms with Gasteiger partial charge >= 0.3 is 0 Å². The monoisotopic (exact) mass is 243 g/mol. The van der Waals surface area contributed by atoms with Gasteiger partial charge in [0.05, 0.1) is 0 Å². The lowest BCUT2D eigenvalue weighted by atomic mass is 10.0. The molecule has 0 amide bonds. The fourth-order valence-corrected chi connectivity index (χ4v) is 2.28. The minimum Gasteiger partial charge on any atom is -0.287 e. The van der Waals surface area contributed by atoms with Gasteiger partial charge in [0, 0.05) is 10.9 Å². The average Bonchev–Trinajstić information content (AvgIpc) is 2.78. The smallest absolute Gasteiger partial charge is 0.212 e. The van der Waals surface area contributed by atoms with Crippen molar-refractivity contribution in [3.8, 4) is 0 Å². The number of rotatable bonds is 4. The molecular formula is C14H13NOS. The number of allylic oxidation sites excluding steroid dienone is 1. The van der Waals surface area contributed by atoms with Crippen LogP contribution in [-0.4, -0.2) is 10.2 Å². The Morgan fingerprint density at radius 2 is 2.12 bits per heavy atom. The summed E-state index contributed by atoms with van der Waals surface area (Å²) in [5.41, 5.74) is 3.34. The second kappa shape index (κ2) is 5.06. The predicted octanol–water partition coefficient (Wildman–Crippen LogP) is 3.41. The molecule has 3 heteroatoms. The van der Waals surface area contributed by atoms with E-state index in [4.69, 9.17) is 0 Å². The zero-order valence-corrected chi connectivity index (χ0v) is 10.5. The third kappa shape index (κ3) is 2.50. The second-order valence-corrected chi connectivity index (χ2v) is 4.51. The Labute approximate surface area is 105 Å². The van der Waals surface area contributed by atoms with E-state index in [0.29, 0.717) is 17.7 Å². The molecule has 0 aliphatic rings. The summed E-state index contributed by atoms with van der Waals surface area (Å²) in [5, 5.41) is 1.91. The molecular weight excluding hydrogens is 230 g/mol. The van der Waals surface area contributed by atoms with Crippen molar-refractivity contribution in [2.45, 2.75) is 13.3 Å². The van der Waals surface area contributed by atoms with Crippen LogP contribution in [0.3, 0.4) is 0 Å². The summed E-state index contributed by atoms with van der Waals surface area (Å²) in [4.78, 5) is 12.2. The van der Waals surface area contributed by atoms with E-state index < -0.39 is 0 Å². The van der Waals surface area contributed by atoms with Crippen LogP contribution in [0, 0.1) is 6.92 Å². The van der Waals surface area contributed by atoms with Gasteiger partial charge in [-0.3, -0.25) is 4.79 Å². The summed E-state index contributed by atoms with van der Waals surface area (Å²) >= 11 is 1.31. The topological polar surface area (TPSA) is 30.0 Å². The molecule has 0 radical (unpaired) electrons. The van der Waals surface area contributed by atoms with Crippen LogP contribution in [0.1, 0.15) is 27.2 Å². The van der Waals surface area contributed by atoms with Crippen LogP contribution < -0.4 is 0 Å². The van der Waals surface area contributed by atoms with Crippen molar-refractivity contribution in [3.05, 3.63) is 64.7 Å². The van der Waals surface area contributed by atoms with E-state index >= 15 is 0 Å². The van der Waals surface area contributed by atoms with Gasteiger partial charge in [-0.25, -0.2) is 0 Å². The molecule has 17 heavy (non-hydrogen) atoms. The number of aromatic nitrogens is 1. The van der Waals surface area contributed by atoms with Gasteiger partial charge in [-0.2, -0.15) is 4.37 Å². The molecule has 0 saturated carbocycles. The number of hydrogen-bond acceptors (Lipinski definition) is 3. The Bertz CT molecular complexity index is 540. The van der Waals surface area contributed by atoms with Crippen molar-refractivity contribution in [2.24, 2.45) is 0 Å². The van der Waals surface area contributed by atoms with Gasteiger partial charge in [0.1, 0.15) is 5.69 Å². The largest absolute Gasteiger partial charge is 0.287 e. The van der Waals surface area contributed by atoms with Crippen LogP contribution in [0.2, 0.25) is 0 Å². The lowest BCUT2D eigenvalue weighted by molar-refractivity contribution is 0.103. The van der Waals surface area contributed by atoms with Crippen molar-refractivity contribution in [2.75, 3.05) is 0 Å². The molecule has 0 bridgehead atoms. The molecule has 2 rings (SSSR count). The van der Waals surface area contributed by atoms with E-state index in [1.165, 1.54) is 11.5 Å². The van der Waals surface area contributed by atoms with E-state index in [9.17, 15) is 4.79 Å². The van der Waals surface area contributed by atoms with E-state index in [-0.39, 0.29) is 5.78 Å². The molecule has 0 spiro atoms. The van der Waals surface area contributed by atoms with E-state index in [1.807, 2.05) is 36.6 Å². The molecule has 2 aromatic rings. The summed E-state index contributed by atoms with van der Waals surface area (Å²) in [6, 6.07) is 7.56. The summed E-state index contributed by atoms with van der Waals surface area (Å²) in [6.45, 7) is 5.69. The first-order chi connectivity index (χ1) is 8.22. The summed E-state index contributed by atoms with van der Waals surface area (Å²) in [7, 11) is 0. The van der Waals surface area contributed by atoms with E-state index in [2.05, 4.69) is 11.0 Å². The molecule has 0 fully saturated rings. The molecule has 1 aromatic heterocycles. The Morgan fingerprint density at radius 3 is 2.76 bits per heavy atom. The highest BCUT2D eigenvalue weighted by molar-refractivity contribution is 7.03. The number of aryl methyl sites for hydroxylation is 1. The highest BCUT2D eigenvalue weighted by Gasteiger charge is 2.15. The normalized spacial score (nSPS) is 10.2. The lowest BCUT2D eigenvalue weighted by Crippen LogP contribution is -2.04. The van der Waals surface area contributed by atoms with Crippen molar-refractivity contribution in [3.63, 3.8) is 0 Å². The van der Waals surface area contributed by atoms with Gasteiger partial charge in [0.2, 0.25) is 5.78 Å². The quantitative estimate of drug-likeness (QED) is 0.608. The molecule has 1 heterocycles. The number of carbonyl (C=O) groups excluding carboxylic acids is 1. The van der Waals surface area contributed by atoms with Crippen molar-refractivity contribution in [1.29, 1.82) is 0 Å². The van der Waals surface area contributed by atoms with Crippen LogP contribution in [0.4, 0.5) is 0 Å². The van der Waals surface area contributed by atoms with Crippen LogP contribution in [0.25, 0.3) is 0 Å². The maximum Gasteiger partial charge on any atom is 0.212 e. The number of carbonyl (C=O) groups is 1. The standard InChI is InChI=1S/C14H13NOS/c1-3-4-12-9-17-15-13(12)14(16)11-7-5-10(2)6-8-11/h3,5-9H,1,4H2,2H3. The Balaban J connectivity index is 2.33. The minimum absolute atomic E-state index is 0.0110. The maximum atomic E-state index is 12.2. The van der Waals surface area contributed by atoms with Gasteiger partial charge < -0.3 is 0 Å². The molecule has 0 N–H and O–H groups in total. The summed E-state index contributed by atoms with van der Waals surface area (Å²) in [6.07, 6.45) is 2.47. The van der Waals surface area contributed by atoms with Crippen LogP contribution in [-0.2, 0) is 6.42 Å². The van der Waals surface area contributed by atoms with Gasteiger partial charge in [-0.1, -0.05) is 35.9 Å². The summed E-state index contributed by atoms with van der Waals surface area (Å²) in [5.74, 6) is -0.0110. The van der Waals surface area contributed by atoms with Crippen LogP contribution in [0.5, 0.6) is 0 Å². The highest BCUT2D eigenvalue weighted by atomic mass is 32.1. The van der Waals surface area contributed by atoms with E-state index in [0.717, 1.165) is 11.1 Å². The highest BCUT2D eigenvalue weighted by Crippen LogP contribution is 2.17. The average molecular weight is 243 g/mol. The van der Waals surface area contributed by atoms with Crippen LogP contribution >= 0.6 is 11.5 Å². The molecule has 0 aliphatic heterocycles. The van der Waals surface area contributed by atoms with Gasteiger partial charge in [-0.05, 0) is 30.4 Å². The number of hydrogen-bond donors (Lipinski definition) is 0. The molecule has 0 saturated heterocycles.